The SMILES string of the molecule is O=C(CN1Cc2ccccc2C1)N1CCO[C@H](c2ccc(Cc3ccc(F)cc3)cn2)C1. The number of halogens is 1. The highest BCUT2D eigenvalue weighted by Gasteiger charge is 2.28. The van der Waals surface area contributed by atoms with Crippen LogP contribution in [0.25, 0.3) is 0 Å². The summed E-state index contributed by atoms with van der Waals surface area (Å²) in [5.74, 6) is -0.0934. The lowest BCUT2D eigenvalue weighted by Crippen LogP contribution is -2.46. The largest absolute Gasteiger partial charge is 0.368 e. The Morgan fingerprint density at radius 1 is 1.00 bits per heavy atom. The van der Waals surface area contributed by atoms with Gasteiger partial charge in [-0.05, 0) is 46.9 Å². The molecule has 1 aromatic heterocycles. The van der Waals surface area contributed by atoms with Gasteiger partial charge in [-0.15, -0.1) is 0 Å². The predicted molar refractivity (Wildman–Crippen MR) is 119 cm³/mol. The van der Waals surface area contributed by atoms with Crippen molar-refractivity contribution in [3.8, 4) is 0 Å². The number of benzene rings is 2. The third-order valence-electron chi connectivity index (χ3n) is 6.18. The summed E-state index contributed by atoms with van der Waals surface area (Å²) in [7, 11) is 0. The molecule has 1 saturated heterocycles. The maximum atomic E-state index is 13.1. The second-order valence-corrected chi connectivity index (χ2v) is 8.51. The van der Waals surface area contributed by atoms with Crippen molar-refractivity contribution >= 4 is 5.91 Å². The number of aromatic nitrogens is 1. The standard InChI is InChI=1S/C26H26FN3O2/c27-23-8-5-19(6-9-23)13-20-7-10-24(28-14-20)25-17-30(11-12-32-25)26(31)18-29-15-21-3-1-2-4-22(21)16-29/h1-10,14,25H,11-13,15-18H2/t25-/m0/s1. The van der Waals surface area contributed by atoms with Gasteiger partial charge in [0.25, 0.3) is 0 Å². The maximum absolute atomic E-state index is 13.1. The molecule has 5 rings (SSSR count). The van der Waals surface area contributed by atoms with Crippen LogP contribution in [-0.4, -0.2) is 46.9 Å². The molecule has 0 N–H and O–H groups in total. The molecule has 6 heteroatoms. The number of morpholine rings is 1. The van der Waals surface area contributed by atoms with Gasteiger partial charge in [-0.1, -0.05) is 42.5 Å². The van der Waals surface area contributed by atoms with Crippen molar-refractivity contribution < 1.29 is 13.9 Å². The van der Waals surface area contributed by atoms with Crippen LogP contribution < -0.4 is 0 Å². The lowest BCUT2D eigenvalue weighted by atomic mass is 10.1. The summed E-state index contributed by atoms with van der Waals surface area (Å²) >= 11 is 0. The monoisotopic (exact) mass is 431 g/mol. The fraction of sp³-hybridized carbons (Fsp3) is 0.308. The molecule has 5 nitrogen and oxygen atoms in total. The Labute approximate surface area is 187 Å². The number of hydrogen-bond donors (Lipinski definition) is 0. The van der Waals surface area contributed by atoms with Gasteiger partial charge in [0.2, 0.25) is 5.91 Å². The number of rotatable bonds is 5. The first-order valence-corrected chi connectivity index (χ1v) is 11.0. The Kier molecular flexibility index (Phi) is 5.97. The minimum Gasteiger partial charge on any atom is -0.368 e. The molecule has 2 aliphatic heterocycles. The minimum absolute atomic E-state index is 0.138. The Morgan fingerprint density at radius 3 is 2.41 bits per heavy atom. The first kappa shape index (κ1) is 20.8. The quantitative estimate of drug-likeness (QED) is 0.618. The van der Waals surface area contributed by atoms with Gasteiger partial charge in [0.05, 0.1) is 25.4 Å². The van der Waals surface area contributed by atoms with Crippen LogP contribution in [-0.2, 0) is 29.0 Å². The highest BCUT2D eigenvalue weighted by Crippen LogP contribution is 2.24. The summed E-state index contributed by atoms with van der Waals surface area (Å²) in [6.45, 7) is 3.71. The van der Waals surface area contributed by atoms with Crippen molar-refractivity contribution in [1.82, 2.24) is 14.8 Å². The minimum atomic E-state index is -0.231. The van der Waals surface area contributed by atoms with Gasteiger partial charge in [-0.3, -0.25) is 14.7 Å². The molecule has 164 valence electrons. The second-order valence-electron chi connectivity index (χ2n) is 8.51. The number of amides is 1. The fourth-order valence-electron chi connectivity index (χ4n) is 4.43. The summed E-state index contributed by atoms with van der Waals surface area (Å²) < 4.78 is 19.0. The molecular weight excluding hydrogens is 405 g/mol. The van der Waals surface area contributed by atoms with Gasteiger partial charge in [0, 0.05) is 25.8 Å². The molecule has 0 aliphatic carbocycles. The van der Waals surface area contributed by atoms with E-state index in [2.05, 4.69) is 34.1 Å². The van der Waals surface area contributed by atoms with E-state index in [1.807, 2.05) is 23.2 Å². The van der Waals surface area contributed by atoms with Crippen LogP contribution in [0.3, 0.4) is 0 Å². The van der Waals surface area contributed by atoms with E-state index in [0.29, 0.717) is 32.7 Å². The van der Waals surface area contributed by atoms with Crippen LogP contribution >= 0.6 is 0 Å². The molecular formula is C26H26FN3O2. The van der Waals surface area contributed by atoms with Gasteiger partial charge >= 0.3 is 0 Å². The number of hydrogen-bond acceptors (Lipinski definition) is 4. The van der Waals surface area contributed by atoms with Crippen LogP contribution in [0.1, 0.15) is 34.1 Å². The van der Waals surface area contributed by atoms with E-state index in [4.69, 9.17) is 4.74 Å². The Balaban J connectivity index is 1.17. The maximum Gasteiger partial charge on any atom is 0.236 e. The number of carbonyl (C=O) groups excluding carboxylic acids is 1. The normalized spacial score (nSPS) is 18.5. The van der Waals surface area contributed by atoms with Crippen LogP contribution in [0.15, 0.2) is 66.9 Å². The van der Waals surface area contributed by atoms with E-state index in [0.717, 1.165) is 29.9 Å². The molecule has 1 amide bonds. The number of pyridine rings is 1. The molecule has 0 spiro atoms. The molecule has 3 aromatic rings. The molecule has 1 fully saturated rings. The second kappa shape index (κ2) is 9.18. The average molecular weight is 432 g/mol. The van der Waals surface area contributed by atoms with Crippen LogP contribution in [0.4, 0.5) is 4.39 Å². The third kappa shape index (κ3) is 4.71. The topological polar surface area (TPSA) is 45.7 Å². The molecule has 0 bridgehead atoms. The number of ether oxygens (including phenoxy) is 1. The number of fused-ring (bicyclic) bond motifs is 1. The van der Waals surface area contributed by atoms with E-state index < -0.39 is 0 Å². The smallest absolute Gasteiger partial charge is 0.236 e. The molecule has 2 aliphatic rings. The van der Waals surface area contributed by atoms with Crippen LogP contribution in [0.5, 0.6) is 0 Å². The highest BCUT2D eigenvalue weighted by molar-refractivity contribution is 5.78. The molecule has 0 unspecified atom stereocenters. The average Bonchev–Trinajstić information content (AvgIpc) is 3.23. The van der Waals surface area contributed by atoms with E-state index in [-0.39, 0.29) is 17.8 Å². The third-order valence-corrected chi connectivity index (χ3v) is 6.18. The van der Waals surface area contributed by atoms with Gasteiger partial charge in [0.1, 0.15) is 11.9 Å². The molecule has 3 heterocycles. The van der Waals surface area contributed by atoms with Crippen molar-refractivity contribution in [1.29, 1.82) is 0 Å². The van der Waals surface area contributed by atoms with Crippen LogP contribution in [0.2, 0.25) is 0 Å². The van der Waals surface area contributed by atoms with Crippen molar-refractivity contribution in [2.45, 2.75) is 25.6 Å². The summed E-state index contributed by atoms with van der Waals surface area (Å²) in [5.41, 5.74) is 5.54. The summed E-state index contributed by atoms with van der Waals surface area (Å²) in [6.07, 6.45) is 2.31. The molecule has 32 heavy (non-hydrogen) atoms. The van der Waals surface area contributed by atoms with E-state index in [1.54, 1.807) is 12.1 Å². The Morgan fingerprint density at radius 2 is 1.72 bits per heavy atom. The van der Waals surface area contributed by atoms with Crippen molar-refractivity contribution in [2.24, 2.45) is 0 Å². The summed E-state index contributed by atoms with van der Waals surface area (Å²) in [6, 6.07) is 18.9. The molecule has 0 saturated carbocycles. The zero-order chi connectivity index (χ0) is 21.9. The molecule has 0 radical (unpaired) electrons. The first-order chi connectivity index (χ1) is 15.6. The Hall–Kier alpha value is -3.09. The van der Waals surface area contributed by atoms with E-state index >= 15 is 0 Å². The van der Waals surface area contributed by atoms with Gasteiger partial charge in [-0.25, -0.2) is 4.39 Å². The number of nitrogens with zero attached hydrogens (tertiary/aromatic N) is 3. The van der Waals surface area contributed by atoms with Crippen molar-refractivity contribution in [3.05, 3.63) is 101 Å². The first-order valence-electron chi connectivity index (χ1n) is 11.0. The van der Waals surface area contributed by atoms with Gasteiger partial charge in [0.15, 0.2) is 0 Å². The lowest BCUT2D eigenvalue weighted by molar-refractivity contribution is -0.140. The van der Waals surface area contributed by atoms with Crippen LogP contribution in [0, 0.1) is 5.82 Å². The molecule has 2 aromatic carbocycles. The zero-order valence-electron chi connectivity index (χ0n) is 17.9. The number of carbonyl (C=O) groups is 1. The van der Waals surface area contributed by atoms with Gasteiger partial charge in [-0.2, -0.15) is 0 Å². The van der Waals surface area contributed by atoms with Gasteiger partial charge < -0.3 is 9.64 Å². The van der Waals surface area contributed by atoms with E-state index in [9.17, 15) is 9.18 Å². The summed E-state index contributed by atoms with van der Waals surface area (Å²) in [4.78, 5) is 21.6. The van der Waals surface area contributed by atoms with E-state index in [1.165, 1.54) is 23.3 Å². The van der Waals surface area contributed by atoms with Crippen molar-refractivity contribution in [3.63, 3.8) is 0 Å². The predicted octanol–water partition coefficient (Wildman–Crippen LogP) is 3.73. The lowest BCUT2D eigenvalue weighted by Gasteiger charge is -2.33. The fourth-order valence-corrected chi connectivity index (χ4v) is 4.43. The van der Waals surface area contributed by atoms with Crippen molar-refractivity contribution in [2.75, 3.05) is 26.2 Å². The zero-order valence-corrected chi connectivity index (χ0v) is 17.9. The molecule has 1 atom stereocenters. The Bertz CT molecular complexity index is 1060. The summed E-state index contributed by atoms with van der Waals surface area (Å²) in [5, 5.41) is 0. The highest BCUT2D eigenvalue weighted by atomic mass is 19.1.